The van der Waals surface area contributed by atoms with Crippen molar-refractivity contribution in [1.29, 1.82) is 0 Å². The molecule has 1 unspecified atom stereocenters. The predicted molar refractivity (Wildman–Crippen MR) is 40.9 cm³/mol. The SMILES string of the molecule is O=C(O)C(=O)N1CCC(O)(CO)C1. The number of aliphatic hydroxyl groups excluding tert-OH is 1. The number of carbonyl (C=O) groups excluding carboxylic acids is 1. The third kappa shape index (κ3) is 1.96. The Morgan fingerprint density at radius 3 is 2.46 bits per heavy atom. The van der Waals surface area contributed by atoms with Crippen LogP contribution in [0.5, 0.6) is 0 Å². The molecule has 74 valence electrons. The highest BCUT2D eigenvalue weighted by atomic mass is 16.4. The summed E-state index contributed by atoms with van der Waals surface area (Å²) in [6.45, 7) is -0.409. The zero-order chi connectivity index (χ0) is 10.1. The largest absolute Gasteiger partial charge is 0.474 e. The number of rotatable bonds is 1. The maximum absolute atomic E-state index is 10.9. The normalized spacial score (nSPS) is 27.7. The average Bonchev–Trinajstić information content (AvgIpc) is 2.47. The van der Waals surface area contributed by atoms with Crippen LogP contribution in [0.2, 0.25) is 0 Å². The molecule has 1 fully saturated rings. The van der Waals surface area contributed by atoms with Gasteiger partial charge in [-0.15, -0.1) is 0 Å². The Labute approximate surface area is 74.4 Å². The monoisotopic (exact) mass is 189 g/mol. The number of hydrogen-bond donors (Lipinski definition) is 3. The zero-order valence-corrected chi connectivity index (χ0v) is 6.93. The number of nitrogens with zero attached hydrogens (tertiary/aromatic N) is 1. The quantitative estimate of drug-likeness (QED) is 0.415. The second kappa shape index (κ2) is 3.31. The molecule has 6 heteroatoms. The Bertz CT molecular complexity index is 241. The van der Waals surface area contributed by atoms with Gasteiger partial charge in [-0.3, -0.25) is 4.79 Å². The number of carbonyl (C=O) groups is 2. The highest BCUT2D eigenvalue weighted by molar-refractivity contribution is 6.31. The van der Waals surface area contributed by atoms with Gasteiger partial charge in [-0.05, 0) is 6.42 Å². The van der Waals surface area contributed by atoms with Gasteiger partial charge in [-0.2, -0.15) is 0 Å². The summed E-state index contributed by atoms with van der Waals surface area (Å²) in [5, 5.41) is 26.5. The van der Waals surface area contributed by atoms with E-state index in [9.17, 15) is 14.7 Å². The molecule has 0 radical (unpaired) electrons. The Morgan fingerprint density at radius 2 is 2.08 bits per heavy atom. The molecule has 0 aromatic rings. The summed E-state index contributed by atoms with van der Waals surface area (Å²) in [5.41, 5.74) is -1.33. The van der Waals surface area contributed by atoms with Crippen LogP contribution >= 0.6 is 0 Å². The molecule has 0 aromatic heterocycles. The molecule has 1 atom stereocenters. The molecule has 6 nitrogen and oxygen atoms in total. The summed E-state index contributed by atoms with van der Waals surface area (Å²) in [6, 6.07) is 0. The van der Waals surface area contributed by atoms with Crippen LogP contribution in [0.4, 0.5) is 0 Å². The van der Waals surface area contributed by atoms with E-state index in [4.69, 9.17) is 10.2 Å². The van der Waals surface area contributed by atoms with Gasteiger partial charge in [0.15, 0.2) is 0 Å². The smallest absolute Gasteiger partial charge is 0.394 e. The lowest BCUT2D eigenvalue weighted by Gasteiger charge is -2.19. The number of carboxylic acids is 1. The van der Waals surface area contributed by atoms with Gasteiger partial charge in [0.25, 0.3) is 0 Å². The molecule has 0 aromatic carbocycles. The van der Waals surface area contributed by atoms with Crippen molar-refractivity contribution >= 4 is 11.9 Å². The van der Waals surface area contributed by atoms with Crippen LogP contribution in [0, 0.1) is 0 Å². The molecule has 1 aliphatic rings. The van der Waals surface area contributed by atoms with Crippen LogP contribution in [0.25, 0.3) is 0 Å². The third-order valence-corrected chi connectivity index (χ3v) is 2.10. The van der Waals surface area contributed by atoms with Gasteiger partial charge in [-0.1, -0.05) is 0 Å². The van der Waals surface area contributed by atoms with Crippen LogP contribution in [-0.2, 0) is 9.59 Å². The maximum atomic E-state index is 10.9. The van der Waals surface area contributed by atoms with E-state index in [0.29, 0.717) is 0 Å². The fourth-order valence-electron chi connectivity index (χ4n) is 1.29. The zero-order valence-electron chi connectivity index (χ0n) is 6.93. The van der Waals surface area contributed by atoms with Crippen molar-refractivity contribution in [1.82, 2.24) is 4.90 Å². The van der Waals surface area contributed by atoms with Crippen molar-refractivity contribution in [3.8, 4) is 0 Å². The molecule has 1 rings (SSSR count). The first-order valence-corrected chi connectivity index (χ1v) is 3.84. The highest BCUT2D eigenvalue weighted by Gasteiger charge is 2.39. The molecule has 1 aliphatic heterocycles. The molecule has 0 spiro atoms. The van der Waals surface area contributed by atoms with Gasteiger partial charge in [-0.25, -0.2) is 4.79 Å². The lowest BCUT2D eigenvalue weighted by Crippen LogP contribution is -2.41. The van der Waals surface area contributed by atoms with Crippen LogP contribution in [0.1, 0.15) is 6.42 Å². The molecule has 13 heavy (non-hydrogen) atoms. The van der Waals surface area contributed by atoms with Crippen LogP contribution < -0.4 is 0 Å². The maximum Gasteiger partial charge on any atom is 0.394 e. The topological polar surface area (TPSA) is 98.1 Å². The molecule has 1 amide bonds. The third-order valence-electron chi connectivity index (χ3n) is 2.10. The standard InChI is InChI=1S/C7H11NO5/c9-4-7(13)1-2-8(3-7)5(10)6(11)12/h9,13H,1-4H2,(H,11,12). The van der Waals surface area contributed by atoms with Gasteiger partial charge in [0.2, 0.25) is 0 Å². The van der Waals surface area contributed by atoms with Gasteiger partial charge in [0.05, 0.1) is 13.2 Å². The minimum Gasteiger partial charge on any atom is -0.474 e. The van der Waals surface area contributed by atoms with Crippen molar-refractivity contribution in [2.24, 2.45) is 0 Å². The van der Waals surface area contributed by atoms with E-state index in [1.807, 2.05) is 0 Å². The summed E-state index contributed by atoms with van der Waals surface area (Å²) < 4.78 is 0. The highest BCUT2D eigenvalue weighted by Crippen LogP contribution is 2.20. The Morgan fingerprint density at radius 1 is 1.46 bits per heavy atom. The van der Waals surface area contributed by atoms with Crippen molar-refractivity contribution in [2.45, 2.75) is 12.0 Å². The van der Waals surface area contributed by atoms with Crippen molar-refractivity contribution in [3.63, 3.8) is 0 Å². The molecule has 3 N–H and O–H groups in total. The molecule has 0 bridgehead atoms. The summed E-state index contributed by atoms with van der Waals surface area (Å²) in [6.07, 6.45) is 0.211. The molecular formula is C7H11NO5. The van der Waals surface area contributed by atoms with Gasteiger partial charge in [0.1, 0.15) is 5.60 Å². The fourth-order valence-corrected chi connectivity index (χ4v) is 1.29. The lowest BCUT2D eigenvalue weighted by molar-refractivity contribution is -0.155. The average molecular weight is 189 g/mol. The van der Waals surface area contributed by atoms with E-state index >= 15 is 0 Å². The summed E-state index contributed by atoms with van der Waals surface area (Å²) in [7, 11) is 0. The number of likely N-dealkylation sites (tertiary alicyclic amines) is 1. The first-order valence-electron chi connectivity index (χ1n) is 3.84. The Balaban J connectivity index is 2.60. The van der Waals surface area contributed by atoms with E-state index < -0.39 is 24.1 Å². The minimum atomic E-state index is -1.54. The fraction of sp³-hybridized carbons (Fsp3) is 0.714. The number of amides is 1. The number of β-amino-alcohol motifs (C(OH)–C–C–N with tert-alkyl or cyclic N) is 1. The van der Waals surface area contributed by atoms with Crippen LogP contribution in [0.15, 0.2) is 0 Å². The van der Waals surface area contributed by atoms with E-state index in [1.165, 1.54) is 0 Å². The first kappa shape index (κ1) is 9.94. The van der Waals surface area contributed by atoms with E-state index in [0.717, 1.165) is 4.90 Å². The van der Waals surface area contributed by atoms with Crippen molar-refractivity contribution in [3.05, 3.63) is 0 Å². The predicted octanol–water partition coefficient (Wildman–Crippen LogP) is -1.97. The van der Waals surface area contributed by atoms with Gasteiger partial charge >= 0.3 is 11.9 Å². The van der Waals surface area contributed by atoms with Gasteiger partial charge in [0, 0.05) is 6.54 Å². The summed E-state index contributed by atoms with van der Waals surface area (Å²) >= 11 is 0. The molecular weight excluding hydrogens is 178 g/mol. The van der Waals surface area contributed by atoms with Crippen molar-refractivity contribution < 1.29 is 24.9 Å². The molecule has 0 saturated carbocycles. The number of carboxylic acid groups (broad SMARTS) is 1. The Kier molecular flexibility index (Phi) is 2.53. The number of hydrogen-bond acceptors (Lipinski definition) is 4. The molecule has 1 heterocycles. The number of aliphatic carboxylic acids is 1. The van der Waals surface area contributed by atoms with E-state index in [1.54, 1.807) is 0 Å². The first-order chi connectivity index (χ1) is 5.98. The van der Waals surface area contributed by atoms with Crippen molar-refractivity contribution in [2.75, 3.05) is 19.7 Å². The van der Waals surface area contributed by atoms with Crippen LogP contribution in [-0.4, -0.2) is 57.4 Å². The molecule has 0 aliphatic carbocycles. The van der Waals surface area contributed by atoms with E-state index in [2.05, 4.69) is 0 Å². The van der Waals surface area contributed by atoms with Gasteiger partial charge < -0.3 is 20.2 Å². The number of aliphatic hydroxyl groups is 2. The minimum absolute atomic E-state index is 0.116. The molecule has 1 saturated heterocycles. The summed E-state index contributed by atoms with van der Waals surface area (Å²) in [4.78, 5) is 22.1. The Hall–Kier alpha value is -1.14. The van der Waals surface area contributed by atoms with E-state index in [-0.39, 0.29) is 19.5 Å². The second-order valence-corrected chi connectivity index (χ2v) is 3.16. The summed E-state index contributed by atoms with van der Waals surface area (Å²) in [5.74, 6) is -2.58. The van der Waals surface area contributed by atoms with Crippen LogP contribution in [0.3, 0.4) is 0 Å². The lowest BCUT2D eigenvalue weighted by atomic mass is 10.1. The second-order valence-electron chi connectivity index (χ2n) is 3.16.